The Morgan fingerprint density at radius 1 is 1.34 bits per heavy atom. The van der Waals surface area contributed by atoms with Crippen LogP contribution >= 0.6 is 0 Å². The van der Waals surface area contributed by atoms with E-state index in [0.29, 0.717) is 36.0 Å². The number of rotatable bonds is 4. The zero-order valence-corrected chi connectivity index (χ0v) is 16.4. The van der Waals surface area contributed by atoms with Gasteiger partial charge in [0.25, 0.3) is 0 Å². The van der Waals surface area contributed by atoms with Crippen molar-refractivity contribution < 1.29 is 18.3 Å². The molecule has 1 fully saturated rings. The molecule has 1 N–H and O–H groups in total. The Hall–Kier alpha value is -2.94. The summed E-state index contributed by atoms with van der Waals surface area (Å²) < 4.78 is 35.4. The van der Waals surface area contributed by atoms with Crippen molar-refractivity contribution >= 4 is 22.6 Å². The molecule has 1 aliphatic heterocycles. The molecule has 7 nitrogen and oxygen atoms in total. The number of aromatic nitrogens is 4. The highest BCUT2D eigenvalue weighted by atomic mass is 19.3. The maximum atomic E-state index is 13.9. The number of hydrogen-bond donors (Lipinski definition) is 1. The number of anilines is 1. The first-order valence-electron chi connectivity index (χ1n) is 9.32. The van der Waals surface area contributed by atoms with Crippen LogP contribution in [0.3, 0.4) is 0 Å². The van der Waals surface area contributed by atoms with Gasteiger partial charge in [0.05, 0.1) is 30.1 Å². The van der Waals surface area contributed by atoms with Crippen LogP contribution in [0.15, 0.2) is 24.5 Å². The zero-order valence-electron chi connectivity index (χ0n) is 16.4. The fourth-order valence-corrected chi connectivity index (χ4v) is 3.55. The third-order valence-corrected chi connectivity index (χ3v) is 4.85. The van der Waals surface area contributed by atoms with Gasteiger partial charge in [-0.15, -0.1) is 0 Å². The lowest BCUT2D eigenvalue weighted by Gasteiger charge is -2.12. The molecule has 1 atom stereocenters. The number of alkyl halides is 2. The quantitative estimate of drug-likeness (QED) is 0.718. The molecule has 4 rings (SSSR count). The number of aryl methyl sites for hydroxylation is 1. The number of nitrogens with one attached hydrogen (secondary N) is 1. The first-order chi connectivity index (χ1) is 13.7. The molecule has 1 saturated heterocycles. The summed E-state index contributed by atoms with van der Waals surface area (Å²) in [6.45, 7) is 5.07. The van der Waals surface area contributed by atoms with Crippen LogP contribution in [-0.2, 0) is 15.5 Å². The van der Waals surface area contributed by atoms with Crippen LogP contribution in [0.4, 0.5) is 14.6 Å². The maximum absolute atomic E-state index is 13.9. The average Bonchev–Trinajstić information content (AvgIpc) is 3.27. The van der Waals surface area contributed by atoms with E-state index in [-0.39, 0.29) is 11.9 Å². The van der Waals surface area contributed by atoms with Crippen LogP contribution in [0.1, 0.15) is 37.8 Å². The number of nitrogens with zero attached hydrogens (tertiary/aromatic N) is 4. The Morgan fingerprint density at radius 3 is 2.79 bits per heavy atom. The molecule has 0 aromatic carbocycles. The van der Waals surface area contributed by atoms with E-state index >= 15 is 0 Å². The van der Waals surface area contributed by atoms with Gasteiger partial charge in [-0.3, -0.25) is 4.79 Å². The van der Waals surface area contributed by atoms with Crippen molar-refractivity contribution in [1.29, 1.82) is 0 Å². The molecule has 0 bridgehead atoms. The summed E-state index contributed by atoms with van der Waals surface area (Å²) in [5.74, 6) is -3.53. The molecular formula is C20H21F2N5O2. The average molecular weight is 401 g/mol. The van der Waals surface area contributed by atoms with E-state index in [0.717, 1.165) is 24.2 Å². The van der Waals surface area contributed by atoms with E-state index in [1.807, 2.05) is 10.8 Å². The molecule has 0 aliphatic carbocycles. The number of halogens is 2. The van der Waals surface area contributed by atoms with E-state index in [9.17, 15) is 13.6 Å². The summed E-state index contributed by atoms with van der Waals surface area (Å²) in [6, 6.07) is 3.53. The SMILES string of the molecule is CC(=O)Nc1cc2c(-c3cc(C)nc(C(C)(F)F)n3)cn([C@H]3CCOC3)c2cn1. The van der Waals surface area contributed by atoms with E-state index in [1.165, 1.54) is 6.92 Å². The third kappa shape index (κ3) is 3.82. The summed E-state index contributed by atoms with van der Waals surface area (Å²) in [5.41, 5.74) is 2.35. The maximum Gasteiger partial charge on any atom is 0.303 e. The monoisotopic (exact) mass is 401 g/mol. The van der Waals surface area contributed by atoms with Crippen molar-refractivity contribution in [2.45, 2.75) is 39.2 Å². The molecule has 9 heteroatoms. The Labute approximate surface area is 166 Å². The molecule has 0 spiro atoms. The normalized spacial score (nSPS) is 17.1. The predicted molar refractivity (Wildman–Crippen MR) is 104 cm³/mol. The van der Waals surface area contributed by atoms with E-state index in [2.05, 4.69) is 20.3 Å². The molecule has 0 unspecified atom stereocenters. The van der Waals surface area contributed by atoms with Crippen LogP contribution in [0, 0.1) is 6.92 Å². The second-order valence-electron chi connectivity index (χ2n) is 7.34. The first-order valence-corrected chi connectivity index (χ1v) is 9.32. The van der Waals surface area contributed by atoms with Gasteiger partial charge in [0.2, 0.25) is 5.91 Å². The Morgan fingerprint density at radius 2 is 2.14 bits per heavy atom. The summed E-state index contributed by atoms with van der Waals surface area (Å²) in [4.78, 5) is 23.8. The van der Waals surface area contributed by atoms with Gasteiger partial charge < -0.3 is 14.6 Å². The summed E-state index contributed by atoms with van der Waals surface area (Å²) >= 11 is 0. The topological polar surface area (TPSA) is 81.9 Å². The smallest absolute Gasteiger partial charge is 0.303 e. The van der Waals surface area contributed by atoms with Gasteiger partial charge in [0.1, 0.15) is 5.82 Å². The van der Waals surface area contributed by atoms with Crippen molar-refractivity contribution in [3.63, 3.8) is 0 Å². The lowest BCUT2D eigenvalue weighted by atomic mass is 10.1. The molecular weight excluding hydrogens is 380 g/mol. The molecule has 0 saturated carbocycles. The molecule has 4 heterocycles. The Kier molecular flexibility index (Phi) is 4.77. The number of hydrogen-bond acceptors (Lipinski definition) is 5. The summed E-state index contributed by atoms with van der Waals surface area (Å²) in [6.07, 6.45) is 4.41. The van der Waals surface area contributed by atoms with Gasteiger partial charge in [-0.25, -0.2) is 15.0 Å². The van der Waals surface area contributed by atoms with Crippen LogP contribution in [0.25, 0.3) is 22.2 Å². The van der Waals surface area contributed by atoms with Gasteiger partial charge in [0, 0.05) is 43.3 Å². The molecule has 3 aromatic rings. The second kappa shape index (κ2) is 7.14. The van der Waals surface area contributed by atoms with Crippen molar-refractivity contribution in [3.05, 3.63) is 36.0 Å². The van der Waals surface area contributed by atoms with Crippen molar-refractivity contribution in [3.8, 4) is 11.3 Å². The number of amides is 1. The number of fused-ring (bicyclic) bond motifs is 1. The Bertz CT molecular complexity index is 1080. The zero-order chi connectivity index (χ0) is 20.8. The number of carbonyl (C=O) groups is 1. The lowest BCUT2D eigenvalue weighted by molar-refractivity contribution is -0.114. The molecule has 3 aromatic heterocycles. The van der Waals surface area contributed by atoms with Gasteiger partial charge >= 0.3 is 5.92 Å². The molecule has 1 amide bonds. The minimum absolute atomic E-state index is 0.120. The molecule has 29 heavy (non-hydrogen) atoms. The largest absolute Gasteiger partial charge is 0.379 e. The van der Waals surface area contributed by atoms with Crippen LogP contribution in [0.5, 0.6) is 0 Å². The Balaban J connectivity index is 1.93. The number of carbonyl (C=O) groups excluding carboxylic acids is 1. The third-order valence-electron chi connectivity index (χ3n) is 4.85. The minimum atomic E-state index is -3.15. The van der Waals surface area contributed by atoms with E-state index in [4.69, 9.17) is 4.74 Å². The highest BCUT2D eigenvalue weighted by Crippen LogP contribution is 2.36. The molecule has 0 radical (unpaired) electrons. The summed E-state index contributed by atoms with van der Waals surface area (Å²) in [5, 5.41) is 3.43. The van der Waals surface area contributed by atoms with Gasteiger partial charge in [-0.1, -0.05) is 0 Å². The van der Waals surface area contributed by atoms with Crippen LogP contribution in [0.2, 0.25) is 0 Å². The standard InChI is InChI=1S/C20H21F2N5O2/c1-11-6-16(26-19(24-11)20(3,21)22)15-9-27(13-4-5-29-10-13)17-8-23-18(7-14(15)17)25-12(2)28/h6-9,13H,4-5,10H2,1-3H3,(H,23,25,28)/t13-/m0/s1. The molecule has 1 aliphatic rings. The van der Waals surface area contributed by atoms with E-state index < -0.39 is 11.7 Å². The first kappa shape index (κ1) is 19.4. The highest BCUT2D eigenvalue weighted by molar-refractivity contribution is 5.98. The fraction of sp³-hybridized carbons (Fsp3) is 0.400. The van der Waals surface area contributed by atoms with Crippen molar-refractivity contribution in [1.82, 2.24) is 19.5 Å². The predicted octanol–water partition coefficient (Wildman–Crippen LogP) is 3.83. The van der Waals surface area contributed by atoms with Crippen molar-refractivity contribution in [2.24, 2.45) is 0 Å². The molecule has 152 valence electrons. The fourth-order valence-electron chi connectivity index (χ4n) is 3.55. The van der Waals surface area contributed by atoms with Crippen LogP contribution in [-0.4, -0.2) is 38.6 Å². The second-order valence-corrected chi connectivity index (χ2v) is 7.34. The lowest BCUT2D eigenvalue weighted by Crippen LogP contribution is -2.13. The number of pyridine rings is 1. The minimum Gasteiger partial charge on any atom is -0.379 e. The highest BCUT2D eigenvalue weighted by Gasteiger charge is 2.30. The van der Waals surface area contributed by atoms with Crippen LogP contribution < -0.4 is 5.32 Å². The van der Waals surface area contributed by atoms with Gasteiger partial charge in [0.15, 0.2) is 5.82 Å². The number of ether oxygens (including phenoxy) is 1. The summed E-state index contributed by atoms with van der Waals surface area (Å²) in [7, 11) is 0. The van der Waals surface area contributed by atoms with E-state index in [1.54, 1.807) is 25.3 Å². The van der Waals surface area contributed by atoms with Crippen molar-refractivity contribution in [2.75, 3.05) is 18.5 Å². The van der Waals surface area contributed by atoms with Gasteiger partial charge in [-0.2, -0.15) is 8.78 Å². The van der Waals surface area contributed by atoms with Gasteiger partial charge in [-0.05, 0) is 25.5 Å².